The Labute approximate surface area is 177 Å². The summed E-state index contributed by atoms with van der Waals surface area (Å²) in [6.07, 6.45) is 1.55. The van der Waals surface area contributed by atoms with Gasteiger partial charge in [0.2, 0.25) is 0 Å². The Morgan fingerprint density at radius 1 is 1.24 bits per heavy atom. The van der Waals surface area contributed by atoms with Gasteiger partial charge in [-0.2, -0.15) is 11.8 Å². The number of benzene rings is 2. The SMILES string of the molecule is COc1ccc(Cl)cc1Nc1c(C(=O)N2CCSCC2)cnc2ccc(F)cc12. The van der Waals surface area contributed by atoms with Gasteiger partial charge in [0.05, 0.1) is 29.6 Å². The van der Waals surface area contributed by atoms with Gasteiger partial charge in [0, 0.05) is 41.2 Å². The van der Waals surface area contributed by atoms with E-state index in [0.717, 1.165) is 11.5 Å². The highest BCUT2D eigenvalue weighted by atomic mass is 35.5. The number of thioether (sulfide) groups is 1. The van der Waals surface area contributed by atoms with Crippen molar-refractivity contribution in [2.75, 3.05) is 37.0 Å². The number of nitrogens with zero attached hydrogens (tertiary/aromatic N) is 2. The van der Waals surface area contributed by atoms with Gasteiger partial charge in [-0.1, -0.05) is 11.6 Å². The van der Waals surface area contributed by atoms with Crippen LogP contribution in [-0.2, 0) is 0 Å². The zero-order valence-corrected chi connectivity index (χ0v) is 17.3. The van der Waals surface area contributed by atoms with Gasteiger partial charge in [0.1, 0.15) is 11.6 Å². The van der Waals surface area contributed by atoms with Gasteiger partial charge in [-0.15, -0.1) is 0 Å². The molecule has 29 heavy (non-hydrogen) atoms. The van der Waals surface area contributed by atoms with E-state index in [4.69, 9.17) is 16.3 Å². The van der Waals surface area contributed by atoms with E-state index in [2.05, 4.69) is 10.3 Å². The second-order valence-corrected chi connectivity index (χ2v) is 8.24. The molecule has 0 aliphatic carbocycles. The average Bonchev–Trinajstić information content (AvgIpc) is 2.74. The van der Waals surface area contributed by atoms with Crippen molar-refractivity contribution >= 4 is 51.5 Å². The van der Waals surface area contributed by atoms with Crippen LogP contribution in [0, 0.1) is 5.82 Å². The molecule has 2 heterocycles. The van der Waals surface area contributed by atoms with Crippen molar-refractivity contribution in [1.29, 1.82) is 0 Å². The highest BCUT2D eigenvalue weighted by molar-refractivity contribution is 7.99. The van der Waals surface area contributed by atoms with E-state index < -0.39 is 5.82 Å². The molecular weight excluding hydrogens is 413 g/mol. The van der Waals surface area contributed by atoms with Crippen molar-refractivity contribution in [2.24, 2.45) is 0 Å². The molecule has 1 fully saturated rings. The van der Waals surface area contributed by atoms with Gasteiger partial charge in [-0.3, -0.25) is 9.78 Å². The number of carbonyl (C=O) groups is 1. The van der Waals surface area contributed by atoms with Crippen LogP contribution in [0.25, 0.3) is 10.9 Å². The number of methoxy groups -OCH3 is 1. The second-order valence-electron chi connectivity index (χ2n) is 6.58. The number of rotatable bonds is 4. The van der Waals surface area contributed by atoms with E-state index in [0.29, 0.717) is 51.7 Å². The summed E-state index contributed by atoms with van der Waals surface area (Å²) in [5, 5.41) is 4.28. The standard InChI is InChI=1S/C21H19ClFN3O2S/c1-28-19-5-2-13(22)10-18(19)25-20-15-11-14(23)3-4-17(15)24-12-16(20)21(27)26-6-8-29-9-7-26/h2-5,10-12H,6-9H2,1H3,(H,24,25). The summed E-state index contributed by atoms with van der Waals surface area (Å²) < 4.78 is 19.5. The number of ether oxygens (including phenoxy) is 1. The first-order chi connectivity index (χ1) is 14.1. The molecule has 0 unspecified atom stereocenters. The molecule has 1 aliphatic heterocycles. The fourth-order valence-corrected chi connectivity index (χ4v) is 4.39. The molecule has 1 N–H and O–H groups in total. The van der Waals surface area contributed by atoms with Crippen LogP contribution in [0.5, 0.6) is 5.75 Å². The highest BCUT2D eigenvalue weighted by Gasteiger charge is 2.24. The van der Waals surface area contributed by atoms with E-state index in [1.165, 1.54) is 12.1 Å². The molecule has 0 atom stereocenters. The van der Waals surface area contributed by atoms with Crippen molar-refractivity contribution in [2.45, 2.75) is 0 Å². The van der Waals surface area contributed by atoms with Crippen LogP contribution in [0.4, 0.5) is 15.8 Å². The normalized spacial score (nSPS) is 14.1. The van der Waals surface area contributed by atoms with Crippen LogP contribution in [-0.4, -0.2) is 47.5 Å². The molecule has 1 saturated heterocycles. The summed E-state index contributed by atoms with van der Waals surface area (Å²) in [5.41, 5.74) is 2.04. The molecule has 5 nitrogen and oxygen atoms in total. The lowest BCUT2D eigenvalue weighted by atomic mass is 10.1. The quantitative estimate of drug-likeness (QED) is 0.632. The molecule has 0 bridgehead atoms. The van der Waals surface area contributed by atoms with Gasteiger partial charge in [0.25, 0.3) is 5.91 Å². The van der Waals surface area contributed by atoms with Crippen molar-refractivity contribution in [1.82, 2.24) is 9.88 Å². The molecule has 2 aromatic carbocycles. The van der Waals surface area contributed by atoms with E-state index in [-0.39, 0.29) is 5.91 Å². The Hall–Kier alpha value is -2.51. The monoisotopic (exact) mass is 431 g/mol. The predicted octanol–water partition coefficient (Wildman–Crippen LogP) is 4.97. The van der Waals surface area contributed by atoms with E-state index in [9.17, 15) is 9.18 Å². The Kier molecular flexibility index (Phi) is 5.78. The fraction of sp³-hybridized carbons (Fsp3) is 0.238. The first kappa shape index (κ1) is 19.8. The molecule has 0 radical (unpaired) electrons. The summed E-state index contributed by atoms with van der Waals surface area (Å²) in [5.74, 6) is 1.81. The van der Waals surface area contributed by atoms with E-state index in [1.807, 2.05) is 11.8 Å². The molecule has 8 heteroatoms. The number of anilines is 2. The largest absolute Gasteiger partial charge is 0.495 e. The maximum absolute atomic E-state index is 14.1. The third kappa shape index (κ3) is 4.11. The van der Waals surface area contributed by atoms with Gasteiger partial charge < -0.3 is 15.0 Å². The van der Waals surface area contributed by atoms with Crippen LogP contribution in [0.15, 0.2) is 42.6 Å². The second kappa shape index (κ2) is 8.47. The molecule has 150 valence electrons. The molecule has 3 aromatic rings. The zero-order chi connectivity index (χ0) is 20.4. The molecular formula is C21H19ClFN3O2S. The minimum atomic E-state index is -0.403. The zero-order valence-electron chi connectivity index (χ0n) is 15.7. The maximum Gasteiger partial charge on any atom is 0.257 e. The minimum absolute atomic E-state index is 0.132. The first-order valence-electron chi connectivity index (χ1n) is 9.12. The topological polar surface area (TPSA) is 54.5 Å². The van der Waals surface area contributed by atoms with Crippen LogP contribution in [0.2, 0.25) is 5.02 Å². The van der Waals surface area contributed by atoms with Gasteiger partial charge >= 0.3 is 0 Å². The Morgan fingerprint density at radius 2 is 2.03 bits per heavy atom. The van der Waals surface area contributed by atoms with Crippen molar-refractivity contribution < 1.29 is 13.9 Å². The van der Waals surface area contributed by atoms with Crippen molar-refractivity contribution in [3.8, 4) is 5.75 Å². The number of halogens is 2. The number of hydrogen-bond acceptors (Lipinski definition) is 5. The fourth-order valence-electron chi connectivity index (χ4n) is 3.31. The summed E-state index contributed by atoms with van der Waals surface area (Å²) in [6, 6.07) is 9.48. The Balaban J connectivity index is 1.86. The summed E-state index contributed by atoms with van der Waals surface area (Å²) in [4.78, 5) is 19.4. The number of fused-ring (bicyclic) bond motifs is 1. The van der Waals surface area contributed by atoms with Gasteiger partial charge in [-0.05, 0) is 36.4 Å². The van der Waals surface area contributed by atoms with Crippen LogP contribution in [0.1, 0.15) is 10.4 Å². The lowest BCUT2D eigenvalue weighted by Gasteiger charge is -2.27. The maximum atomic E-state index is 14.1. The van der Waals surface area contributed by atoms with Crippen molar-refractivity contribution in [3.05, 3.63) is 59.0 Å². The van der Waals surface area contributed by atoms with Crippen molar-refractivity contribution in [3.63, 3.8) is 0 Å². The Morgan fingerprint density at radius 3 is 2.79 bits per heavy atom. The van der Waals surface area contributed by atoms with Gasteiger partial charge in [-0.25, -0.2) is 4.39 Å². The lowest BCUT2D eigenvalue weighted by molar-refractivity contribution is 0.0773. The number of nitrogens with one attached hydrogen (secondary N) is 1. The molecule has 4 rings (SSSR count). The van der Waals surface area contributed by atoms with Crippen LogP contribution < -0.4 is 10.1 Å². The first-order valence-corrected chi connectivity index (χ1v) is 10.7. The van der Waals surface area contributed by atoms with Crippen LogP contribution >= 0.6 is 23.4 Å². The molecule has 1 aliphatic rings. The molecule has 0 saturated carbocycles. The summed E-state index contributed by atoms with van der Waals surface area (Å²) in [6.45, 7) is 1.34. The number of amides is 1. The lowest BCUT2D eigenvalue weighted by Crippen LogP contribution is -2.38. The highest BCUT2D eigenvalue weighted by Crippen LogP contribution is 2.35. The Bertz CT molecular complexity index is 1070. The third-order valence-corrected chi connectivity index (χ3v) is 5.96. The molecule has 1 amide bonds. The van der Waals surface area contributed by atoms with E-state index >= 15 is 0 Å². The molecule has 0 spiro atoms. The molecule has 1 aromatic heterocycles. The van der Waals surface area contributed by atoms with Gasteiger partial charge in [0.15, 0.2) is 0 Å². The summed E-state index contributed by atoms with van der Waals surface area (Å²) >= 11 is 7.99. The minimum Gasteiger partial charge on any atom is -0.495 e. The van der Waals surface area contributed by atoms with E-state index in [1.54, 1.807) is 42.5 Å². The number of pyridine rings is 1. The summed E-state index contributed by atoms with van der Waals surface area (Å²) in [7, 11) is 1.55. The third-order valence-electron chi connectivity index (χ3n) is 4.78. The number of carbonyl (C=O) groups excluding carboxylic acids is 1. The van der Waals surface area contributed by atoms with Crippen LogP contribution in [0.3, 0.4) is 0 Å². The average molecular weight is 432 g/mol. The smallest absolute Gasteiger partial charge is 0.257 e. The number of hydrogen-bond donors (Lipinski definition) is 1. The predicted molar refractivity (Wildman–Crippen MR) is 116 cm³/mol. The number of aromatic nitrogens is 1.